The van der Waals surface area contributed by atoms with Crippen molar-refractivity contribution in [2.24, 2.45) is 11.3 Å². The molecule has 1 saturated heterocycles. The van der Waals surface area contributed by atoms with Gasteiger partial charge in [0.2, 0.25) is 5.91 Å². The van der Waals surface area contributed by atoms with E-state index in [4.69, 9.17) is 0 Å². The van der Waals surface area contributed by atoms with Gasteiger partial charge in [-0.3, -0.25) is 14.7 Å². The lowest BCUT2D eigenvalue weighted by Crippen LogP contribution is -2.54. The number of carbonyl (C=O) groups is 1. The molecule has 0 aliphatic carbocycles. The van der Waals surface area contributed by atoms with Gasteiger partial charge in [0.15, 0.2) is 0 Å². The van der Waals surface area contributed by atoms with Crippen LogP contribution in [-0.4, -0.2) is 33.9 Å². The highest BCUT2D eigenvalue weighted by Crippen LogP contribution is 2.55. The number of carbonyl (C=O) groups excluding carboxylic acids is 1. The number of fused-ring (bicyclic) bond motifs is 5. The minimum Gasteiger partial charge on any atom is -0.357 e. The monoisotopic (exact) mass is 416 g/mol. The molecule has 1 amide bonds. The summed E-state index contributed by atoms with van der Waals surface area (Å²) < 4.78 is 0. The summed E-state index contributed by atoms with van der Waals surface area (Å²) >= 11 is 0. The number of pyridine rings is 1. The van der Waals surface area contributed by atoms with Crippen molar-refractivity contribution in [3.05, 3.63) is 65.6 Å². The zero-order valence-corrected chi connectivity index (χ0v) is 18.5. The largest absolute Gasteiger partial charge is 0.357 e. The number of hydrogen-bond donors (Lipinski definition) is 2. The zero-order valence-electron chi connectivity index (χ0n) is 18.5. The lowest BCUT2D eigenvalue weighted by molar-refractivity contribution is -0.135. The van der Waals surface area contributed by atoms with Gasteiger partial charge >= 0.3 is 0 Å². The highest BCUT2D eigenvalue weighted by Gasteiger charge is 2.52. The smallest absolute Gasteiger partial charge is 0.223 e. The van der Waals surface area contributed by atoms with Gasteiger partial charge in [-0.15, -0.1) is 0 Å². The minimum absolute atomic E-state index is 0.0774. The molecule has 2 aliphatic heterocycles. The van der Waals surface area contributed by atoms with Crippen LogP contribution in [-0.2, 0) is 17.8 Å². The second kappa shape index (κ2) is 8.12. The topological polar surface area (TPSA) is 61.0 Å². The third-order valence-electron chi connectivity index (χ3n) is 7.85. The van der Waals surface area contributed by atoms with Crippen molar-refractivity contribution in [3.63, 3.8) is 0 Å². The van der Waals surface area contributed by atoms with Gasteiger partial charge in [0, 0.05) is 40.7 Å². The van der Waals surface area contributed by atoms with Gasteiger partial charge in [-0.05, 0) is 56.0 Å². The van der Waals surface area contributed by atoms with Crippen LogP contribution in [0.2, 0.25) is 0 Å². The van der Waals surface area contributed by atoms with Crippen LogP contribution in [0.5, 0.6) is 0 Å². The molecule has 2 aliphatic rings. The maximum absolute atomic E-state index is 13.4. The van der Waals surface area contributed by atoms with E-state index in [2.05, 4.69) is 58.3 Å². The summed E-state index contributed by atoms with van der Waals surface area (Å²) in [6, 6.07) is 14.7. The van der Waals surface area contributed by atoms with E-state index in [-0.39, 0.29) is 23.3 Å². The molecule has 5 heteroatoms. The van der Waals surface area contributed by atoms with Gasteiger partial charge in [0.1, 0.15) is 0 Å². The summed E-state index contributed by atoms with van der Waals surface area (Å²) in [4.78, 5) is 24.1. The van der Waals surface area contributed by atoms with Gasteiger partial charge in [0.25, 0.3) is 0 Å². The van der Waals surface area contributed by atoms with E-state index in [1.807, 2.05) is 18.2 Å². The molecule has 5 nitrogen and oxygen atoms in total. The van der Waals surface area contributed by atoms with Crippen LogP contribution in [0.4, 0.5) is 0 Å². The van der Waals surface area contributed by atoms with Crippen molar-refractivity contribution in [1.82, 2.24) is 20.2 Å². The molecule has 0 saturated carbocycles. The Morgan fingerprint density at radius 3 is 2.90 bits per heavy atom. The fourth-order valence-electron chi connectivity index (χ4n) is 6.15. The van der Waals surface area contributed by atoms with Crippen LogP contribution < -0.4 is 5.32 Å². The summed E-state index contributed by atoms with van der Waals surface area (Å²) in [6.07, 6.45) is 6.07. The van der Waals surface area contributed by atoms with Crippen molar-refractivity contribution in [3.8, 4) is 0 Å². The molecular formula is C26H32N4O. The number of H-pyrrole nitrogens is 1. The Bertz CT molecular complexity index is 1080. The van der Waals surface area contributed by atoms with E-state index in [0.717, 1.165) is 44.5 Å². The van der Waals surface area contributed by atoms with E-state index < -0.39 is 0 Å². The summed E-state index contributed by atoms with van der Waals surface area (Å²) in [5, 5.41) is 4.52. The maximum atomic E-state index is 13.4. The second-order valence-corrected chi connectivity index (χ2v) is 9.20. The maximum Gasteiger partial charge on any atom is 0.223 e. The van der Waals surface area contributed by atoms with E-state index in [1.54, 1.807) is 6.20 Å². The van der Waals surface area contributed by atoms with Crippen molar-refractivity contribution in [2.45, 2.75) is 52.1 Å². The lowest BCUT2D eigenvalue weighted by atomic mass is 9.61. The highest BCUT2D eigenvalue weighted by atomic mass is 16.1. The molecule has 5 rings (SSSR count). The van der Waals surface area contributed by atoms with Crippen molar-refractivity contribution in [1.29, 1.82) is 0 Å². The number of aromatic amines is 1. The number of aromatic nitrogens is 2. The van der Waals surface area contributed by atoms with E-state index in [9.17, 15) is 4.79 Å². The first-order valence-corrected chi connectivity index (χ1v) is 11.6. The van der Waals surface area contributed by atoms with Crippen LogP contribution in [0.25, 0.3) is 10.9 Å². The van der Waals surface area contributed by atoms with Crippen molar-refractivity contribution >= 4 is 16.8 Å². The number of rotatable bonds is 5. The Hall–Kier alpha value is -2.66. The van der Waals surface area contributed by atoms with E-state index in [1.165, 1.54) is 22.2 Å². The SMILES string of the molecule is CC[C@@]1(C(C)C(=O)NCc2ccccn2)CCCN2CCc3c([nH]c4ccccc34)[C@@H]21. The Morgan fingerprint density at radius 1 is 1.26 bits per heavy atom. The molecule has 3 atom stereocenters. The molecule has 3 aromatic rings. The molecule has 0 radical (unpaired) electrons. The minimum atomic E-state index is -0.0809. The summed E-state index contributed by atoms with van der Waals surface area (Å²) in [5.41, 5.74) is 4.84. The molecule has 0 spiro atoms. The average molecular weight is 417 g/mol. The van der Waals surface area contributed by atoms with Crippen LogP contribution in [0.15, 0.2) is 48.7 Å². The standard InChI is InChI=1S/C26H32N4O/c1-3-26(18(2)25(31)28-17-19-9-6-7-14-27-19)13-8-15-30-16-12-21-20-10-4-5-11-22(20)29-23(21)24(26)30/h4-7,9-11,14,18,24,29H,3,8,12-13,15-17H2,1-2H3,(H,28,31)/t18?,24-,26+/m1/s1. The van der Waals surface area contributed by atoms with Gasteiger partial charge < -0.3 is 10.3 Å². The Kier molecular flexibility index (Phi) is 5.30. The Morgan fingerprint density at radius 2 is 2.10 bits per heavy atom. The molecule has 2 N–H and O–H groups in total. The van der Waals surface area contributed by atoms with Crippen LogP contribution >= 0.6 is 0 Å². The lowest BCUT2D eigenvalue weighted by Gasteiger charge is -2.54. The molecule has 162 valence electrons. The number of nitrogens with one attached hydrogen (secondary N) is 2. The highest BCUT2D eigenvalue weighted by molar-refractivity contribution is 5.85. The number of piperidine rings is 1. The summed E-state index contributed by atoms with van der Waals surface area (Å²) in [5.74, 6) is 0.0592. The zero-order chi connectivity index (χ0) is 21.4. The Labute approximate surface area is 184 Å². The van der Waals surface area contributed by atoms with Crippen molar-refractivity contribution in [2.75, 3.05) is 13.1 Å². The first-order chi connectivity index (χ1) is 15.1. The number of nitrogens with zero attached hydrogens (tertiary/aromatic N) is 2. The first kappa shape index (κ1) is 20.3. The fraction of sp³-hybridized carbons (Fsp3) is 0.462. The normalized spacial score (nSPS) is 24.4. The van der Waals surface area contributed by atoms with Gasteiger partial charge in [-0.2, -0.15) is 0 Å². The average Bonchev–Trinajstić information content (AvgIpc) is 3.21. The van der Waals surface area contributed by atoms with Gasteiger partial charge in [0.05, 0.1) is 18.3 Å². The number of para-hydroxylation sites is 1. The molecular weight excluding hydrogens is 384 g/mol. The van der Waals surface area contributed by atoms with Crippen LogP contribution in [0, 0.1) is 11.3 Å². The third kappa shape index (κ3) is 3.35. The van der Waals surface area contributed by atoms with Gasteiger partial charge in [-0.25, -0.2) is 0 Å². The fourth-order valence-corrected chi connectivity index (χ4v) is 6.15. The van der Waals surface area contributed by atoms with Gasteiger partial charge in [-0.1, -0.05) is 38.1 Å². The quantitative estimate of drug-likeness (QED) is 0.639. The van der Waals surface area contributed by atoms with Crippen molar-refractivity contribution < 1.29 is 4.79 Å². The molecule has 31 heavy (non-hydrogen) atoms. The second-order valence-electron chi connectivity index (χ2n) is 9.20. The van der Waals surface area contributed by atoms with E-state index >= 15 is 0 Å². The molecule has 1 unspecified atom stereocenters. The summed E-state index contributed by atoms with van der Waals surface area (Å²) in [7, 11) is 0. The molecule has 4 heterocycles. The molecule has 1 fully saturated rings. The molecule has 0 bridgehead atoms. The predicted molar refractivity (Wildman–Crippen MR) is 124 cm³/mol. The first-order valence-electron chi connectivity index (χ1n) is 11.6. The van der Waals surface area contributed by atoms with Crippen LogP contribution in [0.3, 0.4) is 0 Å². The third-order valence-corrected chi connectivity index (χ3v) is 7.85. The van der Waals surface area contributed by atoms with Crippen LogP contribution in [0.1, 0.15) is 56.1 Å². The molecule has 2 aromatic heterocycles. The summed E-state index contributed by atoms with van der Waals surface area (Å²) in [6.45, 7) is 7.07. The molecule has 1 aromatic carbocycles. The Balaban J connectivity index is 1.48. The van der Waals surface area contributed by atoms with E-state index in [0.29, 0.717) is 6.54 Å². The number of amides is 1. The number of hydrogen-bond acceptors (Lipinski definition) is 3. The predicted octanol–water partition coefficient (Wildman–Crippen LogP) is 4.60. The number of benzene rings is 1.